The summed E-state index contributed by atoms with van der Waals surface area (Å²) < 4.78 is 0. The minimum absolute atomic E-state index is 0.192. The van der Waals surface area contributed by atoms with Gasteiger partial charge in [-0.1, -0.05) is 57.8 Å². The molecule has 0 radical (unpaired) electrons. The summed E-state index contributed by atoms with van der Waals surface area (Å²) in [6.45, 7) is 0. The molecule has 0 aromatic carbocycles. The van der Waals surface area contributed by atoms with Crippen molar-refractivity contribution in [3.8, 4) is 0 Å². The largest absolute Gasteiger partial charge is 0.302 e. The molecule has 0 unspecified atom stereocenters. The van der Waals surface area contributed by atoms with Gasteiger partial charge in [-0.3, -0.25) is 0 Å². The molecular weight excluding hydrogens is 270 g/mol. The Bertz CT molecular complexity index is 318. The molecule has 22 heavy (non-hydrogen) atoms. The summed E-state index contributed by atoms with van der Waals surface area (Å²) in [7, 11) is 0. The van der Waals surface area contributed by atoms with Crippen molar-refractivity contribution in [2.45, 2.75) is 108 Å². The fourth-order valence-corrected chi connectivity index (χ4v) is 5.56. The zero-order valence-electron chi connectivity index (χ0n) is 14.3. The topological polar surface area (TPSA) is 29.1 Å². The molecule has 1 N–H and O–H groups in total. The number of hydrogen-bond donors (Lipinski definition) is 1. The monoisotopic (exact) mass is 305 g/mol. The van der Waals surface area contributed by atoms with E-state index in [2.05, 4.69) is 5.32 Å². The first kappa shape index (κ1) is 16.5. The summed E-state index contributed by atoms with van der Waals surface area (Å²) in [5.74, 6) is 1.20. The van der Waals surface area contributed by atoms with E-state index in [9.17, 15) is 4.79 Å². The van der Waals surface area contributed by atoms with Crippen LogP contribution in [0.25, 0.3) is 0 Å². The maximum atomic E-state index is 12.4. The Balaban J connectivity index is 1.78. The average molecular weight is 306 g/mol. The normalized spacial score (nSPS) is 26.9. The Kier molecular flexibility index (Phi) is 5.95. The number of rotatable bonds is 5. The summed E-state index contributed by atoms with van der Waals surface area (Å²) in [6.07, 6.45) is 21.2. The molecule has 0 aliphatic heterocycles. The first-order valence-electron chi connectivity index (χ1n) is 10.1. The fourth-order valence-electron chi connectivity index (χ4n) is 5.56. The molecule has 3 fully saturated rings. The third kappa shape index (κ3) is 3.58. The summed E-state index contributed by atoms with van der Waals surface area (Å²) >= 11 is 0. The van der Waals surface area contributed by atoms with E-state index in [0.29, 0.717) is 17.9 Å². The first-order valence-corrected chi connectivity index (χ1v) is 10.1. The van der Waals surface area contributed by atoms with Gasteiger partial charge in [-0.05, 0) is 50.4 Å². The van der Waals surface area contributed by atoms with Gasteiger partial charge in [0.05, 0.1) is 5.54 Å². The van der Waals surface area contributed by atoms with Crippen LogP contribution in [0, 0.1) is 11.8 Å². The van der Waals surface area contributed by atoms with E-state index in [1.54, 1.807) is 0 Å². The molecule has 126 valence electrons. The highest BCUT2D eigenvalue weighted by molar-refractivity contribution is 5.66. The second-order valence-corrected chi connectivity index (χ2v) is 8.20. The van der Waals surface area contributed by atoms with Crippen LogP contribution < -0.4 is 5.32 Å². The maximum Gasteiger partial charge on any atom is 0.140 e. The minimum Gasteiger partial charge on any atom is -0.302 e. The molecule has 2 nitrogen and oxygen atoms in total. The molecule has 0 bridgehead atoms. The first-order chi connectivity index (χ1) is 10.8. The Labute approximate surface area is 136 Å². The van der Waals surface area contributed by atoms with E-state index >= 15 is 0 Å². The van der Waals surface area contributed by atoms with Crippen LogP contribution in [0.4, 0.5) is 0 Å². The van der Waals surface area contributed by atoms with Crippen LogP contribution in [0.2, 0.25) is 0 Å². The molecule has 0 atom stereocenters. The molecule has 0 amide bonds. The lowest BCUT2D eigenvalue weighted by molar-refractivity contribution is -0.120. The maximum absolute atomic E-state index is 12.4. The highest BCUT2D eigenvalue weighted by Crippen LogP contribution is 2.42. The number of hydrogen-bond acceptors (Lipinski definition) is 2. The van der Waals surface area contributed by atoms with Crippen LogP contribution in [-0.2, 0) is 4.79 Å². The Morgan fingerprint density at radius 1 is 0.636 bits per heavy atom. The van der Waals surface area contributed by atoms with Gasteiger partial charge >= 0.3 is 0 Å². The van der Waals surface area contributed by atoms with Gasteiger partial charge in [0.25, 0.3) is 0 Å². The van der Waals surface area contributed by atoms with Crippen molar-refractivity contribution in [2.24, 2.45) is 11.8 Å². The van der Waals surface area contributed by atoms with Gasteiger partial charge in [-0.2, -0.15) is 0 Å². The summed E-state index contributed by atoms with van der Waals surface area (Å²) in [5.41, 5.74) is -0.192. The molecule has 3 rings (SSSR count). The fraction of sp³-hybridized carbons (Fsp3) is 0.950. The second kappa shape index (κ2) is 7.95. The van der Waals surface area contributed by atoms with Crippen LogP contribution >= 0.6 is 0 Å². The van der Waals surface area contributed by atoms with Crippen molar-refractivity contribution in [1.29, 1.82) is 0 Å². The van der Waals surface area contributed by atoms with Crippen LogP contribution in [-0.4, -0.2) is 17.9 Å². The molecule has 0 heterocycles. The van der Waals surface area contributed by atoms with Crippen LogP contribution in [0.5, 0.6) is 0 Å². The average Bonchev–Trinajstić information content (AvgIpc) is 2.62. The van der Waals surface area contributed by atoms with Gasteiger partial charge in [0.15, 0.2) is 0 Å². The Hall–Kier alpha value is -0.370. The van der Waals surface area contributed by atoms with Crippen molar-refractivity contribution >= 4 is 6.29 Å². The number of carbonyl (C=O) groups is 1. The highest BCUT2D eigenvalue weighted by Gasteiger charge is 2.46. The summed E-state index contributed by atoms with van der Waals surface area (Å²) in [4.78, 5) is 12.4. The quantitative estimate of drug-likeness (QED) is 0.724. The van der Waals surface area contributed by atoms with Gasteiger partial charge in [-0.15, -0.1) is 0 Å². The number of aldehydes is 1. The zero-order valence-corrected chi connectivity index (χ0v) is 14.3. The van der Waals surface area contributed by atoms with Gasteiger partial charge in [-0.25, -0.2) is 0 Å². The minimum atomic E-state index is -0.192. The Morgan fingerprint density at radius 2 is 1.05 bits per heavy atom. The standard InChI is InChI=1S/C20H35NO/c22-16-20(17-10-4-1-5-11-17,18-12-6-2-7-13-18)21-19-14-8-3-9-15-19/h16-19,21H,1-15H2. The van der Waals surface area contributed by atoms with E-state index in [4.69, 9.17) is 0 Å². The van der Waals surface area contributed by atoms with Crippen molar-refractivity contribution in [1.82, 2.24) is 5.32 Å². The molecule has 0 saturated heterocycles. The van der Waals surface area contributed by atoms with E-state index < -0.39 is 0 Å². The van der Waals surface area contributed by atoms with E-state index in [1.807, 2.05) is 0 Å². The predicted octanol–water partition coefficient (Wildman–Crippen LogP) is 5.01. The lowest BCUT2D eigenvalue weighted by Gasteiger charge is -2.48. The van der Waals surface area contributed by atoms with Crippen molar-refractivity contribution < 1.29 is 4.79 Å². The van der Waals surface area contributed by atoms with Crippen LogP contribution in [0.1, 0.15) is 96.3 Å². The molecular formula is C20H35NO. The lowest BCUT2D eigenvalue weighted by atomic mass is 9.64. The van der Waals surface area contributed by atoms with Gasteiger partial charge < -0.3 is 10.1 Å². The third-order valence-corrected chi connectivity index (χ3v) is 6.82. The van der Waals surface area contributed by atoms with Gasteiger partial charge in [0, 0.05) is 6.04 Å². The second-order valence-electron chi connectivity index (χ2n) is 8.20. The van der Waals surface area contributed by atoms with E-state index in [0.717, 1.165) is 0 Å². The smallest absolute Gasteiger partial charge is 0.140 e. The Morgan fingerprint density at radius 3 is 1.45 bits per heavy atom. The van der Waals surface area contributed by atoms with Crippen LogP contribution in [0.3, 0.4) is 0 Å². The molecule has 2 heteroatoms. The SMILES string of the molecule is O=CC(NC1CCCCC1)(C1CCCCC1)C1CCCCC1. The van der Waals surface area contributed by atoms with Crippen molar-refractivity contribution in [3.05, 3.63) is 0 Å². The van der Waals surface area contributed by atoms with Gasteiger partial charge in [0.1, 0.15) is 6.29 Å². The van der Waals surface area contributed by atoms with Crippen molar-refractivity contribution in [2.75, 3.05) is 0 Å². The summed E-state index contributed by atoms with van der Waals surface area (Å²) in [5, 5.41) is 3.99. The molecule has 3 saturated carbocycles. The predicted molar refractivity (Wildman–Crippen MR) is 92.0 cm³/mol. The molecule has 3 aliphatic carbocycles. The van der Waals surface area contributed by atoms with Gasteiger partial charge in [0.2, 0.25) is 0 Å². The lowest BCUT2D eigenvalue weighted by Crippen LogP contribution is -2.62. The number of carbonyl (C=O) groups excluding carboxylic acids is 1. The van der Waals surface area contributed by atoms with Crippen LogP contribution in [0.15, 0.2) is 0 Å². The molecule has 3 aliphatic rings. The third-order valence-electron chi connectivity index (χ3n) is 6.82. The van der Waals surface area contributed by atoms with E-state index in [-0.39, 0.29) is 5.54 Å². The highest BCUT2D eigenvalue weighted by atomic mass is 16.1. The molecule has 0 aromatic heterocycles. The zero-order chi connectivity index (χ0) is 15.3. The summed E-state index contributed by atoms with van der Waals surface area (Å²) in [6, 6.07) is 0.600. The van der Waals surface area contributed by atoms with Crippen molar-refractivity contribution in [3.63, 3.8) is 0 Å². The number of nitrogens with one attached hydrogen (secondary N) is 1. The molecule has 0 aromatic rings. The van der Waals surface area contributed by atoms with E-state index in [1.165, 1.54) is 103 Å². The molecule has 0 spiro atoms.